The van der Waals surface area contributed by atoms with Crippen molar-refractivity contribution in [2.45, 2.75) is 52.9 Å². The molecule has 0 aliphatic heterocycles. The molecule has 12 heavy (non-hydrogen) atoms. The molecular weight excluding hydrogens is 144 g/mol. The van der Waals surface area contributed by atoms with E-state index in [-0.39, 0.29) is 1.43 Å². The van der Waals surface area contributed by atoms with Crippen molar-refractivity contribution in [1.29, 1.82) is 0 Å². The van der Waals surface area contributed by atoms with Gasteiger partial charge in [0.25, 0.3) is 0 Å². The Balaban J connectivity index is 0.000000451. The van der Waals surface area contributed by atoms with Gasteiger partial charge >= 0.3 is 0 Å². The second-order valence-electron chi connectivity index (χ2n) is 3.40. The highest BCUT2D eigenvalue weighted by molar-refractivity contribution is 5.42. The molecular formula is C12H22. The van der Waals surface area contributed by atoms with Crippen LogP contribution < -0.4 is 0 Å². The van der Waals surface area contributed by atoms with Gasteiger partial charge in [-0.25, -0.2) is 0 Å². The topological polar surface area (TPSA) is 0 Å². The summed E-state index contributed by atoms with van der Waals surface area (Å²) in [5.74, 6) is 0. The summed E-state index contributed by atoms with van der Waals surface area (Å²) >= 11 is 0. The van der Waals surface area contributed by atoms with Crippen LogP contribution >= 0.6 is 0 Å². The summed E-state index contributed by atoms with van der Waals surface area (Å²) in [6, 6.07) is 0. The van der Waals surface area contributed by atoms with E-state index in [1.807, 2.05) is 13.8 Å². The van der Waals surface area contributed by atoms with Gasteiger partial charge in [0.1, 0.15) is 0 Å². The smallest absolute Gasteiger partial charge is 0 e. The average molecular weight is 166 g/mol. The van der Waals surface area contributed by atoms with Crippen LogP contribution in [0.5, 0.6) is 0 Å². The maximum Gasteiger partial charge on any atom is 0 e. The predicted molar refractivity (Wildman–Crippen MR) is 57.3 cm³/mol. The fourth-order valence-corrected chi connectivity index (χ4v) is 2.04. The molecule has 0 aromatic heterocycles. The molecule has 1 saturated carbocycles. The Morgan fingerprint density at radius 1 is 1.17 bits per heavy atom. The summed E-state index contributed by atoms with van der Waals surface area (Å²) < 4.78 is 0. The van der Waals surface area contributed by atoms with Crippen molar-refractivity contribution in [3.8, 4) is 0 Å². The highest BCUT2D eigenvalue weighted by Crippen LogP contribution is 2.36. The van der Waals surface area contributed by atoms with Gasteiger partial charge in [-0.3, -0.25) is 0 Å². The first-order valence-electron chi connectivity index (χ1n) is 5.26. The van der Waals surface area contributed by atoms with Crippen LogP contribution in [0, 0.1) is 0 Å². The maximum atomic E-state index is 2.42. The molecule has 0 saturated heterocycles. The molecule has 0 atom stereocenters. The van der Waals surface area contributed by atoms with E-state index in [0.29, 0.717) is 0 Å². The minimum Gasteiger partial charge on any atom is -0.0770 e. The lowest BCUT2D eigenvalue weighted by Crippen LogP contribution is -1.96. The van der Waals surface area contributed by atoms with Gasteiger partial charge in [0.05, 0.1) is 0 Å². The lowest BCUT2D eigenvalue weighted by molar-refractivity contribution is 0.679. The van der Waals surface area contributed by atoms with Crippen molar-refractivity contribution < 1.29 is 1.43 Å². The molecule has 0 radical (unpaired) electrons. The second-order valence-corrected chi connectivity index (χ2v) is 3.40. The van der Waals surface area contributed by atoms with Crippen molar-refractivity contribution in [3.05, 3.63) is 22.8 Å². The Morgan fingerprint density at radius 2 is 1.83 bits per heavy atom. The fourth-order valence-electron chi connectivity index (χ4n) is 2.04. The molecule has 70 valence electrons. The van der Waals surface area contributed by atoms with Crippen LogP contribution in [-0.4, -0.2) is 0 Å². The van der Waals surface area contributed by atoms with Gasteiger partial charge in [0.2, 0.25) is 0 Å². The Bertz CT molecular complexity index is 211. The predicted octanol–water partition coefficient (Wildman–Crippen LogP) is 4.48. The first kappa shape index (κ1) is 9.57. The summed E-state index contributed by atoms with van der Waals surface area (Å²) in [6.07, 6.45) is 9.21. The minimum atomic E-state index is 0. The minimum absolute atomic E-state index is 0. The average Bonchev–Trinajstić information content (AvgIpc) is 2.53. The van der Waals surface area contributed by atoms with E-state index in [1.165, 1.54) is 32.1 Å². The Morgan fingerprint density at radius 3 is 2.50 bits per heavy atom. The van der Waals surface area contributed by atoms with E-state index in [2.05, 4.69) is 13.0 Å². The van der Waals surface area contributed by atoms with Gasteiger partial charge < -0.3 is 0 Å². The standard InChI is InChI=1S/C10H14.C2H6.H2/c1-8-6-7-9-4-2-3-5-10(8)9;1-2;/h7H,2-6H2,1H3;1-2H3;1H. The van der Waals surface area contributed by atoms with Crippen molar-refractivity contribution in [1.82, 2.24) is 0 Å². The number of hydrogen-bond donors (Lipinski definition) is 0. The third kappa shape index (κ3) is 1.80. The van der Waals surface area contributed by atoms with E-state index < -0.39 is 0 Å². The number of allylic oxidation sites excluding steroid dienone is 4. The second kappa shape index (κ2) is 4.49. The zero-order valence-corrected chi connectivity index (χ0v) is 8.61. The molecule has 0 unspecified atom stereocenters. The molecule has 0 nitrogen and oxygen atoms in total. The van der Waals surface area contributed by atoms with Gasteiger partial charge in [-0.05, 0) is 50.2 Å². The summed E-state index contributed by atoms with van der Waals surface area (Å²) in [4.78, 5) is 0. The third-order valence-corrected chi connectivity index (χ3v) is 2.68. The van der Waals surface area contributed by atoms with E-state index >= 15 is 0 Å². The molecule has 0 bridgehead atoms. The van der Waals surface area contributed by atoms with Gasteiger partial charge in [-0.2, -0.15) is 0 Å². The summed E-state index contributed by atoms with van der Waals surface area (Å²) in [7, 11) is 0. The van der Waals surface area contributed by atoms with Gasteiger partial charge in [0.15, 0.2) is 0 Å². The van der Waals surface area contributed by atoms with Crippen molar-refractivity contribution in [2.24, 2.45) is 0 Å². The normalized spacial score (nSPS) is 21.1. The van der Waals surface area contributed by atoms with Crippen LogP contribution in [-0.2, 0) is 0 Å². The van der Waals surface area contributed by atoms with E-state index in [1.54, 1.807) is 16.7 Å². The quantitative estimate of drug-likeness (QED) is 0.497. The van der Waals surface area contributed by atoms with Gasteiger partial charge in [0, 0.05) is 1.43 Å². The van der Waals surface area contributed by atoms with Gasteiger partial charge in [-0.1, -0.05) is 25.5 Å². The molecule has 2 aliphatic carbocycles. The van der Waals surface area contributed by atoms with Crippen LogP contribution in [0.4, 0.5) is 0 Å². The van der Waals surface area contributed by atoms with E-state index in [9.17, 15) is 0 Å². The largest absolute Gasteiger partial charge is 0.0770 e. The van der Waals surface area contributed by atoms with Crippen molar-refractivity contribution in [2.75, 3.05) is 0 Å². The molecule has 0 spiro atoms. The lowest BCUT2D eigenvalue weighted by atomic mass is 9.90. The van der Waals surface area contributed by atoms with Crippen LogP contribution in [0.1, 0.15) is 54.3 Å². The number of hydrogen-bond acceptors (Lipinski definition) is 0. The lowest BCUT2D eigenvalue weighted by Gasteiger charge is -2.15. The van der Waals surface area contributed by atoms with E-state index in [4.69, 9.17) is 0 Å². The van der Waals surface area contributed by atoms with Crippen LogP contribution in [0.25, 0.3) is 0 Å². The number of fused-ring (bicyclic) bond motifs is 1. The SMILES string of the molecule is CC.CC1=C2CCCCC2=CC1.[HH]. The number of rotatable bonds is 0. The molecule has 2 rings (SSSR count). The molecule has 0 aromatic rings. The summed E-state index contributed by atoms with van der Waals surface area (Å²) in [5.41, 5.74) is 5.00. The Labute approximate surface area is 77.9 Å². The van der Waals surface area contributed by atoms with E-state index in [0.717, 1.165) is 0 Å². The highest BCUT2D eigenvalue weighted by atomic mass is 14.2. The maximum absolute atomic E-state index is 2.42. The third-order valence-electron chi connectivity index (χ3n) is 2.68. The molecule has 0 amide bonds. The Kier molecular flexibility index (Phi) is 3.58. The molecule has 2 aliphatic rings. The molecule has 0 N–H and O–H groups in total. The zero-order chi connectivity index (χ0) is 8.97. The van der Waals surface area contributed by atoms with Crippen molar-refractivity contribution >= 4 is 0 Å². The first-order chi connectivity index (χ1) is 5.88. The molecule has 0 heterocycles. The highest BCUT2D eigenvalue weighted by Gasteiger charge is 2.17. The summed E-state index contributed by atoms with van der Waals surface area (Å²) in [5, 5.41) is 0. The monoisotopic (exact) mass is 166 g/mol. The first-order valence-corrected chi connectivity index (χ1v) is 5.26. The summed E-state index contributed by atoms with van der Waals surface area (Å²) in [6.45, 7) is 6.28. The van der Waals surface area contributed by atoms with Crippen LogP contribution in [0.15, 0.2) is 22.8 Å². The molecule has 0 aromatic carbocycles. The fraction of sp³-hybridized carbons (Fsp3) is 0.667. The van der Waals surface area contributed by atoms with Gasteiger partial charge in [-0.15, -0.1) is 0 Å². The Hall–Kier alpha value is -0.520. The molecule has 0 heteroatoms. The molecule has 1 fully saturated rings. The van der Waals surface area contributed by atoms with Crippen molar-refractivity contribution in [3.63, 3.8) is 0 Å². The van der Waals surface area contributed by atoms with Crippen LogP contribution in [0.2, 0.25) is 0 Å². The zero-order valence-electron chi connectivity index (χ0n) is 8.61. The van der Waals surface area contributed by atoms with Crippen LogP contribution in [0.3, 0.4) is 0 Å².